The van der Waals surface area contributed by atoms with Crippen LogP contribution < -0.4 is 5.32 Å². The van der Waals surface area contributed by atoms with Gasteiger partial charge in [-0.05, 0) is 55.6 Å². The van der Waals surface area contributed by atoms with Crippen LogP contribution in [0.1, 0.15) is 55.8 Å². The maximum Gasteiger partial charge on any atom is 0.220 e. The Morgan fingerprint density at radius 3 is 2.95 bits per heavy atom. The highest BCUT2D eigenvalue weighted by Gasteiger charge is 2.24. The van der Waals surface area contributed by atoms with E-state index in [-0.39, 0.29) is 12.0 Å². The van der Waals surface area contributed by atoms with E-state index in [2.05, 4.69) is 29.6 Å². The van der Waals surface area contributed by atoms with E-state index < -0.39 is 0 Å². The van der Waals surface area contributed by atoms with E-state index in [4.69, 9.17) is 4.74 Å². The predicted molar refractivity (Wildman–Crippen MR) is 83.0 cm³/mol. The molecule has 0 radical (unpaired) electrons. The number of carbonyl (C=O) groups is 1. The molecular weight excluding hydrogens is 262 g/mol. The van der Waals surface area contributed by atoms with Crippen molar-refractivity contribution in [1.29, 1.82) is 0 Å². The van der Waals surface area contributed by atoms with Gasteiger partial charge in [-0.1, -0.05) is 24.3 Å². The molecule has 1 unspecified atom stereocenters. The van der Waals surface area contributed by atoms with Gasteiger partial charge in [0.15, 0.2) is 0 Å². The van der Waals surface area contributed by atoms with Gasteiger partial charge < -0.3 is 10.1 Å². The molecule has 0 heterocycles. The van der Waals surface area contributed by atoms with Gasteiger partial charge in [0, 0.05) is 19.6 Å². The number of nitrogens with one attached hydrogen (secondary N) is 1. The fourth-order valence-corrected chi connectivity index (χ4v) is 3.06. The lowest BCUT2D eigenvalue weighted by Crippen LogP contribution is -2.25. The van der Waals surface area contributed by atoms with Gasteiger partial charge in [0.05, 0.1) is 6.10 Å². The summed E-state index contributed by atoms with van der Waals surface area (Å²) in [5.74, 6) is 0.875. The smallest absolute Gasteiger partial charge is 0.220 e. The summed E-state index contributed by atoms with van der Waals surface area (Å²) in [5.41, 5.74) is 2.80. The average Bonchev–Trinajstić information content (AvgIpc) is 3.31. The lowest BCUT2D eigenvalue weighted by molar-refractivity contribution is -0.121. The maximum atomic E-state index is 11.6. The molecule has 1 atom stereocenters. The molecule has 1 aromatic rings. The lowest BCUT2D eigenvalue weighted by atomic mass is 9.89. The van der Waals surface area contributed by atoms with Gasteiger partial charge in [-0.3, -0.25) is 4.79 Å². The summed E-state index contributed by atoms with van der Waals surface area (Å²) in [5, 5.41) is 2.99. The summed E-state index contributed by atoms with van der Waals surface area (Å²) in [6.45, 7) is 1.46. The molecule has 0 aliphatic heterocycles. The van der Waals surface area contributed by atoms with E-state index in [1.807, 2.05) is 0 Å². The Bertz CT molecular complexity index is 482. The van der Waals surface area contributed by atoms with Gasteiger partial charge >= 0.3 is 0 Å². The molecule has 0 spiro atoms. The lowest BCUT2D eigenvalue weighted by Gasteiger charge is -2.25. The van der Waals surface area contributed by atoms with E-state index in [1.54, 1.807) is 0 Å². The second kappa shape index (κ2) is 7.08. The number of amides is 1. The second-order valence-electron chi connectivity index (χ2n) is 6.30. The van der Waals surface area contributed by atoms with Crippen LogP contribution in [-0.4, -0.2) is 19.1 Å². The van der Waals surface area contributed by atoms with Crippen molar-refractivity contribution in [2.24, 2.45) is 5.92 Å². The monoisotopic (exact) mass is 287 g/mol. The molecule has 1 fully saturated rings. The number of fused-ring (bicyclic) bond motifs is 1. The molecule has 1 saturated carbocycles. The molecule has 0 bridgehead atoms. The Balaban J connectivity index is 1.35. The number of benzene rings is 1. The van der Waals surface area contributed by atoms with E-state index in [9.17, 15) is 4.79 Å². The Morgan fingerprint density at radius 1 is 1.24 bits per heavy atom. The molecule has 1 amide bonds. The molecule has 3 rings (SSSR count). The maximum absolute atomic E-state index is 11.6. The van der Waals surface area contributed by atoms with Crippen molar-refractivity contribution in [2.45, 2.75) is 51.0 Å². The van der Waals surface area contributed by atoms with Crippen molar-refractivity contribution >= 4 is 5.91 Å². The highest BCUT2D eigenvalue weighted by atomic mass is 16.5. The summed E-state index contributed by atoms with van der Waals surface area (Å²) >= 11 is 0. The quantitative estimate of drug-likeness (QED) is 0.781. The first kappa shape index (κ1) is 14.6. The third-order valence-electron chi connectivity index (χ3n) is 4.45. The van der Waals surface area contributed by atoms with Crippen LogP contribution in [0.5, 0.6) is 0 Å². The molecule has 1 aromatic carbocycles. The van der Waals surface area contributed by atoms with Crippen LogP contribution in [0.4, 0.5) is 0 Å². The Morgan fingerprint density at radius 2 is 2.10 bits per heavy atom. The Kier molecular flexibility index (Phi) is 4.91. The molecule has 2 aliphatic rings. The van der Waals surface area contributed by atoms with Crippen molar-refractivity contribution < 1.29 is 9.53 Å². The van der Waals surface area contributed by atoms with Crippen LogP contribution in [0.25, 0.3) is 0 Å². The molecular formula is C18H25NO2. The average molecular weight is 287 g/mol. The number of hydrogen-bond donors (Lipinski definition) is 1. The minimum Gasteiger partial charge on any atom is -0.373 e. The van der Waals surface area contributed by atoms with Gasteiger partial charge in [0.2, 0.25) is 5.91 Å². The van der Waals surface area contributed by atoms with Crippen molar-refractivity contribution in [2.75, 3.05) is 13.2 Å². The van der Waals surface area contributed by atoms with Gasteiger partial charge in [-0.25, -0.2) is 0 Å². The zero-order valence-corrected chi connectivity index (χ0v) is 12.6. The van der Waals surface area contributed by atoms with E-state index in [1.165, 1.54) is 36.8 Å². The summed E-state index contributed by atoms with van der Waals surface area (Å²) in [4.78, 5) is 11.6. The van der Waals surface area contributed by atoms with Gasteiger partial charge in [0.25, 0.3) is 0 Å². The Labute approximate surface area is 127 Å². The number of carbonyl (C=O) groups excluding carboxylic acids is 1. The van der Waals surface area contributed by atoms with E-state index >= 15 is 0 Å². The van der Waals surface area contributed by atoms with Crippen LogP contribution in [0.2, 0.25) is 0 Å². The van der Waals surface area contributed by atoms with Gasteiger partial charge in [0.1, 0.15) is 0 Å². The molecule has 3 heteroatoms. The van der Waals surface area contributed by atoms with Crippen LogP contribution in [-0.2, 0) is 16.0 Å². The molecule has 114 valence electrons. The first-order valence-corrected chi connectivity index (χ1v) is 8.29. The fraction of sp³-hybridized carbons (Fsp3) is 0.611. The third kappa shape index (κ3) is 4.31. The molecule has 0 aromatic heterocycles. The first-order chi connectivity index (χ1) is 10.3. The second-order valence-corrected chi connectivity index (χ2v) is 6.30. The minimum atomic E-state index is 0.209. The zero-order chi connectivity index (χ0) is 14.5. The zero-order valence-electron chi connectivity index (χ0n) is 12.6. The predicted octanol–water partition coefficient (Wildman–Crippen LogP) is 3.39. The van der Waals surface area contributed by atoms with Crippen molar-refractivity contribution in [3.8, 4) is 0 Å². The highest BCUT2D eigenvalue weighted by molar-refractivity contribution is 5.76. The topological polar surface area (TPSA) is 38.3 Å². The van der Waals surface area contributed by atoms with Gasteiger partial charge in [-0.2, -0.15) is 0 Å². The van der Waals surface area contributed by atoms with Crippen LogP contribution in [0, 0.1) is 5.92 Å². The standard InChI is InChI=1S/C18H25NO2/c20-18(13-14-9-10-14)19-11-4-12-21-17-8-3-6-15-5-1-2-7-16(15)17/h1-2,5,7,14,17H,3-4,6,8-13H2,(H,19,20). The van der Waals surface area contributed by atoms with Crippen LogP contribution >= 0.6 is 0 Å². The normalized spacial score (nSPS) is 20.9. The highest BCUT2D eigenvalue weighted by Crippen LogP contribution is 2.32. The third-order valence-corrected chi connectivity index (χ3v) is 4.45. The van der Waals surface area contributed by atoms with E-state index in [0.29, 0.717) is 5.92 Å². The largest absolute Gasteiger partial charge is 0.373 e. The number of aryl methyl sites for hydroxylation is 1. The van der Waals surface area contributed by atoms with Crippen molar-refractivity contribution in [1.82, 2.24) is 5.32 Å². The minimum absolute atomic E-state index is 0.209. The first-order valence-electron chi connectivity index (χ1n) is 8.29. The van der Waals surface area contributed by atoms with Crippen LogP contribution in [0.15, 0.2) is 24.3 Å². The summed E-state index contributed by atoms with van der Waals surface area (Å²) < 4.78 is 6.03. The Hall–Kier alpha value is -1.35. The molecule has 3 nitrogen and oxygen atoms in total. The van der Waals surface area contributed by atoms with Crippen LogP contribution in [0.3, 0.4) is 0 Å². The molecule has 0 saturated heterocycles. The van der Waals surface area contributed by atoms with E-state index in [0.717, 1.165) is 32.4 Å². The fourth-order valence-electron chi connectivity index (χ4n) is 3.06. The van der Waals surface area contributed by atoms with Crippen molar-refractivity contribution in [3.63, 3.8) is 0 Å². The summed E-state index contributed by atoms with van der Waals surface area (Å²) in [6.07, 6.45) is 7.83. The number of hydrogen-bond acceptors (Lipinski definition) is 2. The SMILES string of the molecule is O=C(CC1CC1)NCCCOC1CCCc2ccccc21. The molecule has 2 aliphatic carbocycles. The van der Waals surface area contributed by atoms with Gasteiger partial charge in [-0.15, -0.1) is 0 Å². The van der Waals surface area contributed by atoms with Crippen molar-refractivity contribution in [3.05, 3.63) is 35.4 Å². The number of ether oxygens (including phenoxy) is 1. The summed E-state index contributed by atoms with van der Waals surface area (Å²) in [6, 6.07) is 8.61. The molecule has 1 N–H and O–H groups in total. The summed E-state index contributed by atoms with van der Waals surface area (Å²) in [7, 11) is 0. The molecule has 21 heavy (non-hydrogen) atoms. The number of rotatable bonds is 7.